The molecule has 0 unspecified atom stereocenters. The van der Waals surface area contributed by atoms with Crippen LogP contribution in [0, 0.1) is 12.3 Å². The summed E-state index contributed by atoms with van der Waals surface area (Å²) < 4.78 is 23.7. The zero-order chi connectivity index (χ0) is 24.2. The number of aromatic nitrogens is 4. The van der Waals surface area contributed by atoms with E-state index in [4.69, 9.17) is 11.2 Å². The van der Waals surface area contributed by atoms with E-state index in [1.165, 1.54) is 9.13 Å². The van der Waals surface area contributed by atoms with Gasteiger partial charge in [-0.25, -0.2) is 14.3 Å². The molecule has 35 heavy (non-hydrogen) atoms. The van der Waals surface area contributed by atoms with E-state index >= 15 is 0 Å². The zero-order valence-electron chi connectivity index (χ0n) is 20.0. The molecule has 1 aromatic carbocycles. The Morgan fingerprint density at radius 2 is 1.91 bits per heavy atom. The number of hydrogen-bond donors (Lipinski definition) is 0. The number of aryl methyl sites for hydroxylation is 2. The van der Waals surface area contributed by atoms with Gasteiger partial charge in [0, 0.05) is 13.6 Å². The van der Waals surface area contributed by atoms with Gasteiger partial charge in [-0.2, -0.15) is 0 Å². The maximum atomic E-state index is 13.0. The topological polar surface area (TPSA) is 143 Å². The molecule has 2 aromatic heterocycles. The molecule has 0 aliphatic carbocycles. The van der Waals surface area contributed by atoms with Crippen LogP contribution >= 0.6 is 7.82 Å². The number of benzene rings is 1. The third-order valence-corrected chi connectivity index (χ3v) is 5.32. The van der Waals surface area contributed by atoms with Crippen LogP contribution in [-0.2, 0) is 29.2 Å². The van der Waals surface area contributed by atoms with Crippen molar-refractivity contribution < 1.29 is 82.7 Å². The number of ether oxygens (including phenoxy) is 1. The van der Waals surface area contributed by atoms with E-state index in [2.05, 4.69) is 15.4 Å². The van der Waals surface area contributed by atoms with Gasteiger partial charge in [0.15, 0.2) is 11.2 Å². The van der Waals surface area contributed by atoms with Crippen molar-refractivity contribution in [2.75, 3.05) is 13.7 Å². The number of fused-ring (bicyclic) bond motifs is 1. The first-order chi connectivity index (χ1) is 15.7. The molecule has 0 saturated heterocycles. The summed E-state index contributed by atoms with van der Waals surface area (Å²) >= 11 is 0. The molecular formula is C21H21N4Na2O7P. The van der Waals surface area contributed by atoms with Crippen LogP contribution in [0.2, 0.25) is 0 Å². The maximum absolute atomic E-state index is 13.0. The van der Waals surface area contributed by atoms with Crippen LogP contribution in [0.3, 0.4) is 0 Å². The SMILES string of the molecule is C#CCn1c(=O)c2c(nc(C=Cc3cccc(OC)c3)n2C)n(CCCOP(=O)([O-])[O-])c1=O.[Na+].[Na+]. The smallest absolute Gasteiger partial charge is 0.790 e. The standard InChI is InChI=1S/C21H23N4O7P.2Na/c1-4-11-25-20(26)18-19(24(21(25)27)12-6-13-32-33(28,29)30)22-17(23(18)2)10-9-15-7-5-8-16(14-15)31-3;;/h1,5,7-10,14H,6,11-13H2,2-3H3,(H2,28,29,30);;/q;2*+1/p-2. The molecule has 0 radical (unpaired) electrons. The van der Waals surface area contributed by atoms with E-state index in [0.29, 0.717) is 11.6 Å². The van der Waals surface area contributed by atoms with E-state index in [9.17, 15) is 23.9 Å². The fraction of sp³-hybridized carbons (Fsp3) is 0.286. The summed E-state index contributed by atoms with van der Waals surface area (Å²) in [6.07, 6.45) is 8.80. The summed E-state index contributed by atoms with van der Waals surface area (Å²) in [4.78, 5) is 51.6. The molecule has 3 rings (SSSR count). The molecule has 0 fully saturated rings. The average Bonchev–Trinajstić information content (AvgIpc) is 3.10. The Kier molecular flexibility index (Phi) is 12.4. The van der Waals surface area contributed by atoms with Crippen molar-refractivity contribution in [3.8, 4) is 18.1 Å². The molecule has 0 N–H and O–H groups in total. The van der Waals surface area contributed by atoms with Crippen molar-refractivity contribution in [3.05, 3.63) is 56.5 Å². The van der Waals surface area contributed by atoms with Gasteiger partial charge in [0.05, 0.1) is 28.1 Å². The van der Waals surface area contributed by atoms with Crippen LogP contribution in [0.4, 0.5) is 0 Å². The Bertz CT molecular complexity index is 1420. The minimum absolute atomic E-state index is 0. The fourth-order valence-corrected chi connectivity index (χ4v) is 3.63. The molecule has 3 aromatic rings. The number of phosphoric acid groups is 1. The molecule has 0 aliphatic rings. The molecule has 2 heterocycles. The second-order valence-electron chi connectivity index (χ2n) is 6.97. The number of phosphoric ester groups is 1. The summed E-state index contributed by atoms with van der Waals surface area (Å²) in [5.41, 5.74) is -0.201. The first-order valence-electron chi connectivity index (χ1n) is 9.78. The van der Waals surface area contributed by atoms with Gasteiger partial charge >= 0.3 is 64.8 Å². The van der Waals surface area contributed by atoms with Crippen LogP contribution in [0.5, 0.6) is 5.75 Å². The summed E-state index contributed by atoms with van der Waals surface area (Å²) in [5.74, 6) is 3.35. The van der Waals surface area contributed by atoms with Gasteiger partial charge in [-0.3, -0.25) is 9.36 Å². The third-order valence-electron chi connectivity index (χ3n) is 4.82. The molecule has 0 atom stereocenters. The number of imidazole rings is 1. The van der Waals surface area contributed by atoms with E-state index in [1.54, 1.807) is 32.4 Å². The molecule has 0 amide bonds. The van der Waals surface area contributed by atoms with Crippen LogP contribution in [0.25, 0.3) is 23.3 Å². The second kappa shape index (κ2) is 13.8. The van der Waals surface area contributed by atoms with Crippen molar-refractivity contribution in [1.29, 1.82) is 0 Å². The van der Waals surface area contributed by atoms with E-state index in [0.717, 1.165) is 10.1 Å². The van der Waals surface area contributed by atoms with Crippen molar-refractivity contribution in [3.63, 3.8) is 0 Å². The number of nitrogens with zero attached hydrogens (tertiary/aromatic N) is 4. The Balaban J connectivity index is 0.00000306. The van der Waals surface area contributed by atoms with Gasteiger partial charge in [0.2, 0.25) is 0 Å². The van der Waals surface area contributed by atoms with Gasteiger partial charge in [-0.05, 0) is 30.2 Å². The molecule has 174 valence electrons. The Morgan fingerprint density at radius 1 is 1.20 bits per heavy atom. The van der Waals surface area contributed by atoms with Crippen LogP contribution < -0.4 is 84.9 Å². The number of rotatable bonds is 9. The molecule has 11 nitrogen and oxygen atoms in total. The minimum Gasteiger partial charge on any atom is -0.790 e. The molecule has 14 heteroatoms. The van der Waals surface area contributed by atoms with Gasteiger partial charge in [-0.1, -0.05) is 24.1 Å². The molecule has 0 bridgehead atoms. The first-order valence-corrected chi connectivity index (χ1v) is 11.2. The second-order valence-corrected chi connectivity index (χ2v) is 8.13. The molecular weight excluding hydrogens is 497 g/mol. The van der Waals surface area contributed by atoms with Gasteiger partial charge < -0.3 is 28.2 Å². The first kappa shape index (κ1) is 31.6. The zero-order valence-corrected chi connectivity index (χ0v) is 24.9. The molecule has 0 saturated carbocycles. The summed E-state index contributed by atoms with van der Waals surface area (Å²) in [7, 11) is -1.94. The molecule has 0 spiro atoms. The van der Waals surface area contributed by atoms with Crippen molar-refractivity contribution in [2.24, 2.45) is 7.05 Å². The van der Waals surface area contributed by atoms with E-state index < -0.39 is 25.7 Å². The quantitative estimate of drug-likeness (QED) is 0.118. The van der Waals surface area contributed by atoms with Gasteiger partial charge in [0.25, 0.3) is 5.56 Å². The number of terminal acetylenes is 1. The fourth-order valence-electron chi connectivity index (χ4n) is 3.28. The Morgan fingerprint density at radius 3 is 2.54 bits per heavy atom. The average molecular weight is 518 g/mol. The van der Waals surface area contributed by atoms with Crippen molar-refractivity contribution >= 4 is 31.1 Å². The summed E-state index contributed by atoms with van der Waals surface area (Å²) in [5, 5.41) is 0. The Hall–Kier alpha value is -1.42. The van der Waals surface area contributed by atoms with Crippen LogP contribution in [0.15, 0.2) is 33.9 Å². The predicted molar refractivity (Wildman–Crippen MR) is 118 cm³/mol. The monoisotopic (exact) mass is 518 g/mol. The van der Waals surface area contributed by atoms with Gasteiger partial charge in [0.1, 0.15) is 11.6 Å². The van der Waals surface area contributed by atoms with Crippen LogP contribution in [0.1, 0.15) is 17.8 Å². The summed E-state index contributed by atoms with van der Waals surface area (Å²) in [6, 6.07) is 7.32. The van der Waals surface area contributed by atoms with E-state index in [-0.39, 0.29) is 89.8 Å². The predicted octanol–water partition coefficient (Wildman–Crippen LogP) is -6.05. The largest absolute Gasteiger partial charge is 1.00 e. The van der Waals surface area contributed by atoms with Crippen molar-refractivity contribution in [1.82, 2.24) is 18.7 Å². The third kappa shape index (κ3) is 7.78. The molecule has 0 aliphatic heterocycles. The Labute approximate surface area is 245 Å². The van der Waals surface area contributed by atoms with E-state index in [1.807, 2.05) is 18.2 Å². The van der Waals surface area contributed by atoms with Crippen LogP contribution in [-0.4, -0.2) is 32.4 Å². The minimum atomic E-state index is -5.13. The number of methoxy groups -OCH3 is 1. The summed E-state index contributed by atoms with van der Waals surface area (Å²) in [6.45, 7) is -0.710. The number of hydrogen-bond acceptors (Lipinski definition) is 8. The maximum Gasteiger partial charge on any atom is 1.00 e. The normalized spacial score (nSPS) is 11.2. The van der Waals surface area contributed by atoms with Crippen molar-refractivity contribution in [2.45, 2.75) is 19.5 Å². The van der Waals surface area contributed by atoms with Gasteiger partial charge in [-0.15, -0.1) is 6.42 Å².